The van der Waals surface area contributed by atoms with Crippen molar-refractivity contribution in [2.24, 2.45) is 0 Å². The van der Waals surface area contributed by atoms with Gasteiger partial charge in [0.2, 0.25) is 0 Å². The molecule has 8 nitrogen and oxygen atoms in total. The number of morpholine rings is 1. The van der Waals surface area contributed by atoms with Crippen LogP contribution in [0.1, 0.15) is 45.1 Å². The van der Waals surface area contributed by atoms with Crippen LogP contribution in [0.15, 0.2) is 22.9 Å². The topological polar surface area (TPSA) is 77.0 Å². The summed E-state index contributed by atoms with van der Waals surface area (Å²) < 4.78 is 18.3. The van der Waals surface area contributed by atoms with E-state index in [1.807, 2.05) is 40.7 Å². The van der Waals surface area contributed by atoms with Crippen LogP contribution in [-0.4, -0.2) is 48.0 Å². The Kier molecular flexibility index (Phi) is 5.83. The van der Waals surface area contributed by atoms with Gasteiger partial charge in [0.15, 0.2) is 11.6 Å². The maximum atomic E-state index is 13.4. The Labute approximate surface area is 190 Å². The van der Waals surface area contributed by atoms with Gasteiger partial charge >= 0.3 is 6.09 Å². The monoisotopic (exact) mass is 490 g/mol. The quantitative estimate of drug-likeness (QED) is 0.525. The molecule has 0 N–H and O–H groups in total. The van der Waals surface area contributed by atoms with Crippen molar-refractivity contribution in [1.82, 2.24) is 9.97 Å². The Morgan fingerprint density at radius 2 is 1.97 bits per heavy atom. The molecule has 0 bridgehead atoms. The number of carbonyl (C=O) groups excluding carboxylic acids is 1. The molecular weight excluding hydrogens is 464 g/mol. The van der Waals surface area contributed by atoms with Crippen molar-refractivity contribution in [2.75, 3.05) is 36.1 Å². The highest BCUT2D eigenvalue weighted by atomic mass is 79.9. The lowest BCUT2D eigenvalue weighted by molar-refractivity contribution is 0.0598. The van der Waals surface area contributed by atoms with Gasteiger partial charge in [0, 0.05) is 25.0 Å². The summed E-state index contributed by atoms with van der Waals surface area (Å²) in [5.41, 5.74) is 2.36. The molecule has 2 aliphatic heterocycles. The van der Waals surface area contributed by atoms with Gasteiger partial charge in [-0.05, 0) is 62.7 Å². The number of fused-ring (bicyclic) bond motifs is 2. The van der Waals surface area contributed by atoms with Crippen LogP contribution in [-0.2, 0) is 9.47 Å². The third kappa shape index (κ3) is 4.34. The van der Waals surface area contributed by atoms with E-state index in [0.717, 1.165) is 24.3 Å². The molecular formula is C22H27BrN4O4. The van der Waals surface area contributed by atoms with Crippen LogP contribution in [0.2, 0.25) is 0 Å². The first-order valence-corrected chi connectivity index (χ1v) is 11.1. The largest absolute Gasteiger partial charge is 0.482 e. The Hall–Kier alpha value is -2.39. The predicted octanol–water partition coefficient (Wildman–Crippen LogP) is 4.91. The number of aromatic nitrogens is 2. The number of ether oxygens (including phenoxy) is 3. The normalized spacial score (nSPS) is 18.6. The maximum absolute atomic E-state index is 13.4. The molecule has 4 rings (SSSR count). The minimum Gasteiger partial charge on any atom is -0.482 e. The zero-order chi connectivity index (χ0) is 22.3. The third-order valence-corrected chi connectivity index (χ3v) is 5.53. The first kappa shape index (κ1) is 21.8. The van der Waals surface area contributed by atoms with Gasteiger partial charge in [-0.3, -0.25) is 0 Å². The van der Waals surface area contributed by atoms with E-state index in [0.29, 0.717) is 40.8 Å². The molecule has 0 saturated carbocycles. The van der Waals surface area contributed by atoms with Gasteiger partial charge < -0.3 is 19.1 Å². The molecule has 166 valence electrons. The summed E-state index contributed by atoms with van der Waals surface area (Å²) in [5.74, 6) is 1.04. The molecule has 0 aromatic carbocycles. The van der Waals surface area contributed by atoms with Crippen LogP contribution < -0.4 is 14.5 Å². The molecule has 1 atom stereocenters. The first-order valence-electron chi connectivity index (χ1n) is 10.3. The molecule has 0 radical (unpaired) electrons. The maximum Gasteiger partial charge on any atom is 0.420 e. The Balaban J connectivity index is 1.93. The van der Waals surface area contributed by atoms with Gasteiger partial charge in [0.05, 0.1) is 24.5 Å². The third-order valence-electron chi connectivity index (χ3n) is 5.12. The number of aryl methyl sites for hydroxylation is 1. The fraction of sp³-hybridized carbons (Fsp3) is 0.500. The van der Waals surface area contributed by atoms with Crippen molar-refractivity contribution in [3.05, 3.63) is 34.2 Å². The molecule has 2 aliphatic rings. The summed E-state index contributed by atoms with van der Waals surface area (Å²) in [6, 6.07) is 3.73. The molecule has 0 aliphatic carbocycles. The number of carbonyl (C=O) groups is 1. The number of pyridine rings is 2. The predicted molar refractivity (Wildman–Crippen MR) is 121 cm³/mol. The van der Waals surface area contributed by atoms with Crippen molar-refractivity contribution >= 4 is 39.2 Å². The van der Waals surface area contributed by atoms with Gasteiger partial charge in [0.1, 0.15) is 22.0 Å². The van der Waals surface area contributed by atoms with Crippen molar-refractivity contribution in [3.63, 3.8) is 0 Å². The van der Waals surface area contributed by atoms with Gasteiger partial charge in [0.25, 0.3) is 0 Å². The smallest absolute Gasteiger partial charge is 0.420 e. The van der Waals surface area contributed by atoms with Gasteiger partial charge in [-0.15, -0.1) is 0 Å². The van der Waals surface area contributed by atoms with Crippen LogP contribution in [0, 0.1) is 6.92 Å². The zero-order valence-electron chi connectivity index (χ0n) is 18.4. The van der Waals surface area contributed by atoms with Crippen LogP contribution >= 0.6 is 15.9 Å². The van der Waals surface area contributed by atoms with E-state index >= 15 is 0 Å². The SMILES string of the molecule is Cc1nc(Br)cc2c1O[C@H](C)c1c(N3CCOCC3)ccnc1N2C(=O)OC(C)(C)C. The molecule has 2 aromatic heterocycles. The fourth-order valence-electron chi connectivity index (χ4n) is 3.86. The lowest BCUT2D eigenvalue weighted by Crippen LogP contribution is -2.38. The number of halogens is 1. The van der Waals surface area contributed by atoms with Gasteiger partial charge in [-0.25, -0.2) is 19.7 Å². The molecule has 0 unspecified atom stereocenters. The molecule has 9 heteroatoms. The molecule has 0 spiro atoms. The molecule has 2 aromatic rings. The number of hydrogen-bond donors (Lipinski definition) is 0. The molecule has 4 heterocycles. The first-order chi connectivity index (χ1) is 14.7. The van der Waals surface area contributed by atoms with E-state index in [9.17, 15) is 4.79 Å². The highest BCUT2D eigenvalue weighted by Gasteiger charge is 2.37. The summed E-state index contributed by atoms with van der Waals surface area (Å²) in [4.78, 5) is 26.3. The van der Waals surface area contributed by atoms with E-state index in [1.165, 1.54) is 4.90 Å². The summed E-state index contributed by atoms with van der Waals surface area (Å²) >= 11 is 3.45. The second-order valence-corrected chi connectivity index (χ2v) is 9.43. The Bertz CT molecular complexity index is 1000. The fourth-order valence-corrected chi connectivity index (χ4v) is 4.34. The van der Waals surface area contributed by atoms with Gasteiger partial charge in [-0.1, -0.05) is 0 Å². The second kappa shape index (κ2) is 8.27. The van der Waals surface area contributed by atoms with Gasteiger partial charge in [-0.2, -0.15) is 0 Å². The summed E-state index contributed by atoms with van der Waals surface area (Å²) in [7, 11) is 0. The Morgan fingerprint density at radius 3 is 2.65 bits per heavy atom. The molecule has 1 saturated heterocycles. The van der Waals surface area contributed by atoms with E-state index in [4.69, 9.17) is 14.2 Å². The van der Waals surface area contributed by atoms with Crippen molar-refractivity contribution in [2.45, 2.75) is 46.3 Å². The van der Waals surface area contributed by atoms with Crippen LogP contribution in [0.4, 0.5) is 22.0 Å². The number of rotatable bonds is 1. The van der Waals surface area contributed by atoms with Crippen molar-refractivity contribution in [3.8, 4) is 5.75 Å². The van der Waals surface area contributed by atoms with Crippen LogP contribution in [0.5, 0.6) is 5.75 Å². The Morgan fingerprint density at radius 1 is 1.26 bits per heavy atom. The summed E-state index contributed by atoms with van der Waals surface area (Å²) in [5, 5.41) is 0. The van der Waals surface area contributed by atoms with E-state index in [-0.39, 0.29) is 6.10 Å². The van der Waals surface area contributed by atoms with Crippen LogP contribution in [0.3, 0.4) is 0 Å². The number of anilines is 3. The van der Waals surface area contributed by atoms with E-state index < -0.39 is 11.7 Å². The second-order valence-electron chi connectivity index (χ2n) is 8.62. The van der Waals surface area contributed by atoms with Crippen molar-refractivity contribution < 1.29 is 19.0 Å². The number of amides is 1. The van der Waals surface area contributed by atoms with Crippen molar-refractivity contribution in [1.29, 1.82) is 0 Å². The molecule has 1 amide bonds. The molecule has 1 fully saturated rings. The highest BCUT2D eigenvalue weighted by molar-refractivity contribution is 9.10. The van der Waals surface area contributed by atoms with Crippen LogP contribution in [0.25, 0.3) is 0 Å². The summed E-state index contributed by atoms with van der Waals surface area (Å²) in [6.45, 7) is 12.2. The number of hydrogen-bond acceptors (Lipinski definition) is 7. The van der Waals surface area contributed by atoms with E-state index in [2.05, 4.69) is 30.8 Å². The highest BCUT2D eigenvalue weighted by Crippen LogP contribution is 2.47. The zero-order valence-corrected chi connectivity index (χ0v) is 20.0. The average Bonchev–Trinajstić information content (AvgIpc) is 2.82. The lowest BCUT2D eigenvalue weighted by atomic mass is 10.1. The minimum absolute atomic E-state index is 0.352. The lowest BCUT2D eigenvalue weighted by Gasteiger charge is -2.33. The van der Waals surface area contributed by atoms with E-state index in [1.54, 1.807) is 12.3 Å². The average molecular weight is 491 g/mol. The standard InChI is InChI=1S/C22H27BrN4O4/c1-13-19-16(12-17(23)25-13)27(21(28)31-22(3,4)5)20-18(14(2)30-19)15(6-7-24-20)26-8-10-29-11-9-26/h6-7,12,14H,8-11H2,1-5H3/t14-/m1/s1. The molecule has 31 heavy (non-hydrogen) atoms. The minimum atomic E-state index is -0.669. The summed E-state index contributed by atoms with van der Waals surface area (Å²) in [6.07, 6.45) is 0.855. The number of nitrogens with zero attached hydrogens (tertiary/aromatic N) is 4.